The molecule has 0 aliphatic carbocycles. The van der Waals surface area contributed by atoms with E-state index < -0.39 is 0 Å². The maximum atomic E-state index is 12.8. The number of thioether (sulfide) groups is 1. The van der Waals surface area contributed by atoms with Gasteiger partial charge in [-0.1, -0.05) is 71.4 Å². The number of benzene rings is 3. The molecular weight excluding hydrogens is 555 g/mol. The summed E-state index contributed by atoms with van der Waals surface area (Å²) in [7, 11) is 5.07. The summed E-state index contributed by atoms with van der Waals surface area (Å²) in [5, 5.41) is 10.6. The first-order valence-corrected chi connectivity index (χ1v) is 14.2. The molecule has 0 saturated heterocycles. The summed E-state index contributed by atoms with van der Waals surface area (Å²) in [5.41, 5.74) is 2.84. The Morgan fingerprint density at radius 3 is 2.44 bits per heavy atom. The Kier molecular flexibility index (Phi) is 10.1. The van der Waals surface area contributed by atoms with Gasteiger partial charge in [-0.3, -0.25) is 9.36 Å². The minimum absolute atomic E-state index is 0.104. The Hall–Kier alpha value is -3.20. The summed E-state index contributed by atoms with van der Waals surface area (Å²) in [6, 6.07) is 21.1. The van der Waals surface area contributed by atoms with Crippen molar-refractivity contribution >= 4 is 40.9 Å². The summed E-state index contributed by atoms with van der Waals surface area (Å²) in [5.74, 6) is 2.90. The van der Waals surface area contributed by atoms with Gasteiger partial charge in [-0.2, -0.15) is 0 Å². The Balaban J connectivity index is 1.36. The Morgan fingerprint density at radius 2 is 1.72 bits per heavy atom. The first-order chi connectivity index (χ1) is 18.9. The van der Waals surface area contributed by atoms with E-state index in [9.17, 15) is 4.79 Å². The topological polar surface area (TPSA) is 69.5 Å². The number of halogens is 2. The zero-order valence-electron chi connectivity index (χ0n) is 22.1. The van der Waals surface area contributed by atoms with Crippen LogP contribution in [0.4, 0.5) is 0 Å². The van der Waals surface area contributed by atoms with E-state index in [2.05, 4.69) is 10.2 Å². The predicted molar refractivity (Wildman–Crippen MR) is 158 cm³/mol. The third-order valence-corrected chi connectivity index (χ3v) is 7.96. The number of hydrogen-bond donors (Lipinski definition) is 0. The van der Waals surface area contributed by atoms with Crippen molar-refractivity contribution in [1.82, 2.24) is 19.7 Å². The van der Waals surface area contributed by atoms with Crippen molar-refractivity contribution in [3.8, 4) is 28.6 Å². The van der Waals surface area contributed by atoms with Gasteiger partial charge >= 0.3 is 0 Å². The fraction of sp³-hybridized carbons (Fsp3) is 0.276. The molecule has 39 heavy (non-hydrogen) atoms. The molecule has 10 heteroatoms. The van der Waals surface area contributed by atoms with Crippen LogP contribution in [-0.4, -0.2) is 59.1 Å². The molecule has 0 fully saturated rings. The third kappa shape index (κ3) is 7.26. The second-order valence-electron chi connectivity index (χ2n) is 8.81. The molecule has 0 aliphatic rings. The van der Waals surface area contributed by atoms with Crippen molar-refractivity contribution < 1.29 is 14.3 Å². The zero-order chi connectivity index (χ0) is 27.8. The van der Waals surface area contributed by atoms with Crippen LogP contribution in [0, 0.1) is 0 Å². The smallest absolute Gasteiger partial charge is 0.222 e. The summed E-state index contributed by atoms with van der Waals surface area (Å²) in [6.45, 7) is 0.619. The minimum atomic E-state index is 0.104. The van der Waals surface area contributed by atoms with Crippen molar-refractivity contribution in [2.45, 2.75) is 24.4 Å². The van der Waals surface area contributed by atoms with Crippen LogP contribution < -0.4 is 9.47 Å². The molecule has 0 aliphatic heterocycles. The van der Waals surface area contributed by atoms with Gasteiger partial charge in [-0.05, 0) is 48.7 Å². The van der Waals surface area contributed by atoms with E-state index in [4.69, 9.17) is 32.7 Å². The Labute approximate surface area is 243 Å². The number of methoxy groups -OCH3 is 2. The highest BCUT2D eigenvalue weighted by molar-refractivity contribution is 7.99. The summed E-state index contributed by atoms with van der Waals surface area (Å²) >= 11 is 14.0. The van der Waals surface area contributed by atoms with E-state index in [-0.39, 0.29) is 5.91 Å². The van der Waals surface area contributed by atoms with E-state index in [0.717, 1.165) is 28.4 Å². The first-order valence-electron chi connectivity index (χ1n) is 12.4. The number of carbonyl (C=O) groups excluding carboxylic acids is 1. The molecule has 0 saturated carbocycles. The average Bonchev–Trinajstić information content (AvgIpc) is 3.39. The number of ether oxygens (including phenoxy) is 2. The Morgan fingerprint density at radius 1 is 0.949 bits per heavy atom. The monoisotopic (exact) mass is 584 g/mol. The van der Waals surface area contributed by atoms with Crippen LogP contribution in [0.25, 0.3) is 17.1 Å². The van der Waals surface area contributed by atoms with E-state index in [1.54, 1.807) is 43.0 Å². The number of nitrogens with zero attached hydrogens (tertiary/aromatic N) is 4. The standard InChI is InChI=1S/C29H30Cl2N4O3S/c1-34(16-15-20-11-14-25(37-2)26(18-20)38-3)27(36)10-7-17-39-29-33-32-28(21-8-5-4-6-9-21)35(29)22-12-13-23(30)24(31)19-22/h4-6,8-9,11-14,18-19H,7,10,15-17H2,1-3H3. The second kappa shape index (κ2) is 13.7. The van der Waals surface area contributed by atoms with Crippen molar-refractivity contribution in [2.24, 2.45) is 0 Å². The van der Waals surface area contributed by atoms with E-state index in [0.29, 0.717) is 52.5 Å². The highest BCUT2D eigenvalue weighted by Crippen LogP contribution is 2.32. The molecule has 0 bridgehead atoms. The zero-order valence-corrected chi connectivity index (χ0v) is 24.4. The van der Waals surface area contributed by atoms with E-state index in [1.807, 2.05) is 66.2 Å². The number of likely N-dealkylation sites (N-methyl/N-ethyl adjacent to an activating group) is 1. The van der Waals surface area contributed by atoms with Crippen LogP contribution in [0.5, 0.6) is 11.5 Å². The molecule has 4 aromatic rings. The van der Waals surface area contributed by atoms with Crippen molar-refractivity contribution in [2.75, 3.05) is 33.6 Å². The molecule has 1 amide bonds. The van der Waals surface area contributed by atoms with Crippen molar-refractivity contribution in [3.63, 3.8) is 0 Å². The minimum Gasteiger partial charge on any atom is -0.493 e. The maximum absolute atomic E-state index is 12.8. The molecule has 7 nitrogen and oxygen atoms in total. The van der Waals surface area contributed by atoms with Gasteiger partial charge in [0, 0.05) is 31.3 Å². The fourth-order valence-corrected chi connectivity index (χ4v) is 5.21. The molecule has 0 unspecified atom stereocenters. The lowest BCUT2D eigenvalue weighted by Gasteiger charge is -2.18. The van der Waals surface area contributed by atoms with Crippen LogP contribution in [0.15, 0.2) is 71.9 Å². The summed E-state index contributed by atoms with van der Waals surface area (Å²) in [6.07, 6.45) is 1.88. The maximum Gasteiger partial charge on any atom is 0.222 e. The molecule has 3 aromatic carbocycles. The Bertz CT molecular complexity index is 1420. The quantitative estimate of drug-likeness (QED) is 0.134. The molecule has 1 aromatic heterocycles. The largest absolute Gasteiger partial charge is 0.493 e. The lowest BCUT2D eigenvalue weighted by atomic mass is 10.1. The van der Waals surface area contributed by atoms with Gasteiger partial charge in [-0.15, -0.1) is 10.2 Å². The normalized spacial score (nSPS) is 10.9. The highest BCUT2D eigenvalue weighted by Gasteiger charge is 2.17. The number of aromatic nitrogens is 3. The summed E-state index contributed by atoms with van der Waals surface area (Å²) in [4.78, 5) is 14.5. The molecule has 204 valence electrons. The first kappa shape index (κ1) is 28.8. The number of rotatable bonds is 12. The van der Waals surface area contributed by atoms with Crippen molar-refractivity contribution in [3.05, 3.63) is 82.3 Å². The van der Waals surface area contributed by atoms with E-state index >= 15 is 0 Å². The lowest BCUT2D eigenvalue weighted by molar-refractivity contribution is -0.129. The van der Waals surface area contributed by atoms with Gasteiger partial charge in [0.25, 0.3) is 0 Å². The van der Waals surface area contributed by atoms with Crippen LogP contribution in [0.1, 0.15) is 18.4 Å². The van der Waals surface area contributed by atoms with Gasteiger partial charge in [0.2, 0.25) is 5.91 Å². The van der Waals surface area contributed by atoms with Crippen molar-refractivity contribution in [1.29, 1.82) is 0 Å². The molecular formula is C29H30Cl2N4O3S. The molecule has 4 rings (SSSR count). The van der Waals surface area contributed by atoms with Gasteiger partial charge in [0.05, 0.1) is 30.0 Å². The van der Waals surface area contributed by atoms with Gasteiger partial charge in [-0.25, -0.2) is 0 Å². The molecule has 0 atom stereocenters. The average molecular weight is 586 g/mol. The number of amides is 1. The number of carbonyl (C=O) groups is 1. The van der Waals surface area contributed by atoms with Crippen LogP contribution >= 0.6 is 35.0 Å². The molecule has 0 spiro atoms. The van der Waals surface area contributed by atoms with E-state index in [1.165, 1.54) is 0 Å². The van der Waals surface area contributed by atoms with Gasteiger partial charge < -0.3 is 14.4 Å². The highest BCUT2D eigenvalue weighted by atomic mass is 35.5. The SMILES string of the molecule is COc1ccc(CCN(C)C(=O)CCCSc2nnc(-c3ccccc3)n2-c2ccc(Cl)c(Cl)c2)cc1OC. The van der Waals surface area contributed by atoms with Crippen LogP contribution in [0.2, 0.25) is 10.0 Å². The number of hydrogen-bond acceptors (Lipinski definition) is 6. The van der Waals surface area contributed by atoms with Crippen LogP contribution in [-0.2, 0) is 11.2 Å². The van der Waals surface area contributed by atoms with Gasteiger partial charge in [0.15, 0.2) is 22.5 Å². The third-order valence-electron chi connectivity index (χ3n) is 6.20. The lowest BCUT2D eigenvalue weighted by Crippen LogP contribution is -2.28. The summed E-state index contributed by atoms with van der Waals surface area (Å²) < 4.78 is 12.6. The van der Waals surface area contributed by atoms with Gasteiger partial charge in [0.1, 0.15) is 0 Å². The van der Waals surface area contributed by atoms with Crippen LogP contribution in [0.3, 0.4) is 0 Å². The molecule has 0 radical (unpaired) electrons. The molecule has 1 heterocycles. The predicted octanol–water partition coefficient (Wildman–Crippen LogP) is 6.83. The second-order valence-corrected chi connectivity index (χ2v) is 10.7. The fourth-order valence-electron chi connectivity index (χ4n) is 4.03. The molecule has 0 N–H and O–H groups in total.